The summed E-state index contributed by atoms with van der Waals surface area (Å²) in [5.41, 5.74) is 4.67. The van der Waals surface area contributed by atoms with Gasteiger partial charge in [0.1, 0.15) is 23.7 Å². The van der Waals surface area contributed by atoms with E-state index < -0.39 is 20.0 Å². The minimum absolute atomic E-state index is 0.00513. The number of fused-ring (bicyclic) bond motifs is 2. The largest absolute Gasteiger partial charge is 0.484 e. The van der Waals surface area contributed by atoms with Crippen molar-refractivity contribution in [2.24, 2.45) is 0 Å². The van der Waals surface area contributed by atoms with Crippen LogP contribution >= 0.6 is 23.2 Å². The number of halogens is 2. The van der Waals surface area contributed by atoms with E-state index in [0.717, 1.165) is 74.6 Å². The minimum atomic E-state index is -3.82. The average Bonchev–Trinajstić information content (AvgIpc) is 1.74. The van der Waals surface area contributed by atoms with Gasteiger partial charge in [0.25, 0.3) is 0 Å². The molecule has 466 valence electrons. The maximum absolute atomic E-state index is 13.0. The van der Waals surface area contributed by atoms with Gasteiger partial charge in [-0.25, -0.2) is 35.9 Å². The second kappa shape index (κ2) is 33.4. The van der Waals surface area contributed by atoms with Crippen molar-refractivity contribution in [3.63, 3.8) is 0 Å². The number of rotatable bonds is 33. The third-order valence-corrected chi connectivity index (χ3v) is 18.4. The van der Waals surface area contributed by atoms with Crippen LogP contribution in [0.15, 0.2) is 82.6 Å². The maximum atomic E-state index is 13.0. The number of ether oxygens (including phenoxy) is 6. The smallest absolute Gasteiger partial charge is 0.314 e. The maximum Gasteiger partial charge on any atom is 0.314 e. The van der Waals surface area contributed by atoms with Gasteiger partial charge in [0.2, 0.25) is 20.0 Å². The second-order valence-corrected chi connectivity index (χ2v) is 25.1. The highest BCUT2D eigenvalue weighted by atomic mass is 35.5. The molecular formula is C58H76Cl2N12O12S2. The number of nitrogens with zero attached hydrogens (tertiary/aromatic N) is 4. The Morgan fingerprint density at radius 1 is 0.512 bits per heavy atom. The molecule has 28 heteroatoms. The first kappa shape index (κ1) is 66.0. The van der Waals surface area contributed by atoms with Crippen molar-refractivity contribution < 1.29 is 54.8 Å². The van der Waals surface area contributed by atoms with Gasteiger partial charge >= 0.3 is 12.1 Å². The number of amides is 4. The normalized spacial score (nSPS) is 18.7. The Balaban J connectivity index is 0.582. The summed E-state index contributed by atoms with van der Waals surface area (Å²) in [5, 5.41) is 38.2. The molecule has 1 unspecified atom stereocenters. The lowest BCUT2D eigenvalue weighted by Crippen LogP contribution is -2.50. The van der Waals surface area contributed by atoms with Crippen LogP contribution in [0.1, 0.15) is 58.4 Å². The molecule has 4 amide bonds. The summed E-state index contributed by atoms with van der Waals surface area (Å²) in [4.78, 5) is 29.2. The predicted octanol–water partition coefficient (Wildman–Crippen LogP) is 3.34. The van der Waals surface area contributed by atoms with E-state index in [4.69, 9.17) is 51.6 Å². The zero-order valence-electron chi connectivity index (χ0n) is 47.9. The van der Waals surface area contributed by atoms with Crippen molar-refractivity contribution in [2.75, 3.05) is 144 Å². The van der Waals surface area contributed by atoms with E-state index in [1.807, 2.05) is 12.1 Å². The van der Waals surface area contributed by atoms with Crippen LogP contribution in [0.5, 0.6) is 11.5 Å². The van der Waals surface area contributed by atoms with Crippen molar-refractivity contribution >= 4 is 55.3 Å². The lowest BCUT2D eigenvalue weighted by Gasteiger charge is -2.36. The van der Waals surface area contributed by atoms with Crippen molar-refractivity contribution in [1.82, 2.24) is 51.1 Å². The molecule has 86 heavy (non-hydrogen) atoms. The summed E-state index contributed by atoms with van der Waals surface area (Å²) < 4.78 is 92.3. The molecule has 0 radical (unpaired) electrons. The molecule has 2 heterocycles. The second-order valence-electron chi connectivity index (χ2n) is 20.7. The van der Waals surface area contributed by atoms with E-state index in [-0.39, 0.29) is 125 Å². The molecule has 2 saturated heterocycles. The Hall–Kier alpha value is -5.92. The fourth-order valence-corrected chi connectivity index (χ4v) is 13.2. The van der Waals surface area contributed by atoms with Gasteiger partial charge in [0.15, 0.2) is 0 Å². The summed E-state index contributed by atoms with van der Waals surface area (Å²) in [6.07, 6.45) is 1.81. The third kappa shape index (κ3) is 19.3. The molecule has 0 spiro atoms. The highest BCUT2D eigenvalue weighted by Gasteiger charge is 2.42. The van der Waals surface area contributed by atoms with Crippen molar-refractivity contribution in [2.45, 2.75) is 59.8 Å². The quantitative estimate of drug-likeness (QED) is 0.0317. The molecule has 0 bridgehead atoms. The van der Waals surface area contributed by atoms with E-state index >= 15 is 0 Å². The van der Waals surface area contributed by atoms with Gasteiger partial charge < -0.3 is 60.3 Å². The SMILES string of the molecule is N#Cc1cc(Cl)cc2c1CC(N1CCNCC1)[C@H]2Oc1ccc(S(=O)(=O)NCCOCCOCCNC(=O)NCCCCNC(=O)NCCOCCOCCNS(=O)(=O)c2ccc(O[C@H]3c4cc(Cl)cc(C#N)c4C[C@@H]3N3CCNCC3)cc2)cc1. The summed E-state index contributed by atoms with van der Waals surface area (Å²) >= 11 is 12.8. The summed E-state index contributed by atoms with van der Waals surface area (Å²) in [5.74, 6) is 0.998. The molecule has 8 rings (SSSR count). The molecule has 0 saturated carbocycles. The number of carbonyl (C=O) groups excluding carboxylic acids is 2. The van der Waals surface area contributed by atoms with E-state index in [2.05, 4.69) is 63.3 Å². The number of hydrogen-bond acceptors (Lipinski definition) is 18. The van der Waals surface area contributed by atoms with Crippen LogP contribution in [0.2, 0.25) is 10.0 Å². The fraction of sp³-hybridized carbons (Fsp3) is 0.517. The molecule has 2 aliphatic heterocycles. The third-order valence-electron chi connectivity index (χ3n) is 15.0. The zero-order chi connectivity index (χ0) is 60.7. The van der Waals surface area contributed by atoms with Gasteiger partial charge in [-0.15, -0.1) is 0 Å². The number of urea groups is 2. The van der Waals surface area contributed by atoms with E-state index in [0.29, 0.717) is 71.4 Å². The van der Waals surface area contributed by atoms with Crippen LogP contribution < -0.4 is 50.8 Å². The van der Waals surface area contributed by atoms with Crippen LogP contribution in [-0.4, -0.2) is 195 Å². The topological polar surface area (TPSA) is 308 Å². The number of unbranched alkanes of at least 4 members (excludes halogenated alkanes) is 1. The van der Waals surface area contributed by atoms with E-state index in [1.54, 1.807) is 36.4 Å². The number of carbonyl (C=O) groups is 2. The number of nitriles is 2. The molecule has 4 atom stereocenters. The summed E-state index contributed by atoms with van der Waals surface area (Å²) in [6, 6.07) is 23.4. The van der Waals surface area contributed by atoms with Gasteiger partial charge in [-0.2, -0.15) is 10.5 Å². The van der Waals surface area contributed by atoms with Crippen LogP contribution in [0.25, 0.3) is 0 Å². The molecule has 4 aliphatic rings. The van der Waals surface area contributed by atoms with E-state index in [9.17, 15) is 36.9 Å². The molecule has 4 aromatic carbocycles. The van der Waals surface area contributed by atoms with Crippen LogP contribution in [0.4, 0.5) is 9.59 Å². The van der Waals surface area contributed by atoms with Gasteiger partial charge in [-0.1, -0.05) is 23.2 Å². The van der Waals surface area contributed by atoms with Crippen molar-refractivity contribution in [3.05, 3.63) is 116 Å². The van der Waals surface area contributed by atoms with Crippen LogP contribution in [0.3, 0.4) is 0 Å². The van der Waals surface area contributed by atoms with Gasteiger partial charge in [-0.05, 0) is 121 Å². The summed E-state index contributed by atoms with van der Waals surface area (Å²) in [7, 11) is -7.65. The van der Waals surface area contributed by atoms with E-state index in [1.165, 1.54) is 24.3 Å². The number of sulfonamides is 2. The number of nitrogens with one attached hydrogen (secondary N) is 8. The Morgan fingerprint density at radius 2 is 0.860 bits per heavy atom. The zero-order valence-corrected chi connectivity index (χ0v) is 51.0. The Bertz CT molecular complexity index is 2970. The molecule has 0 aromatic heterocycles. The standard InChI is InChI=1S/C58H76Cl2N12O12S2/c59-43-33-41(39-61)49-37-53(71-21-13-63-14-22-71)55(51(49)35-43)83-45-3-7-47(8-4-45)85(75,76)69-19-27-81-31-29-79-25-17-67-57(73)65-11-1-2-12-66-58(74)68-18-26-80-30-32-82-28-20-70-86(77,78)48-9-5-46(6-10-48)84-56-52-36-44(60)34-42(40-62)50(52)38-54(56)72-23-15-64-16-24-72/h3-10,33-36,53-56,63-64,69-70H,1-2,11-32,37-38H2,(H2,65,67,73)(H2,66,68,74)/t53-,54?,55-,56-/m0/s1. The lowest BCUT2D eigenvalue weighted by atomic mass is 10.0. The molecule has 24 nitrogen and oxygen atoms in total. The van der Waals surface area contributed by atoms with Crippen molar-refractivity contribution in [1.29, 1.82) is 10.5 Å². The predicted molar refractivity (Wildman–Crippen MR) is 322 cm³/mol. The number of hydrogen-bond donors (Lipinski definition) is 8. The number of piperazine rings is 2. The Labute approximate surface area is 513 Å². The Morgan fingerprint density at radius 3 is 1.22 bits per heavy atom. The highest BCUT2D eigenvalue weighted by Crippen LogP contribution is 2.43. The van der Waals surface area contributed by atoms with Gasteiger partial charge in [0, 0.05) is 102 Å². The summed E-state index contributed by atoms with van der Waals surface area (Å²) in [6.45, 7) is 9.93. The lowest BCUT2D eigenvalue weighted by molar-refractivity contribution is 0.0516. The first-order valence-corrected chi connectivity index (χ1v) is 32.7. The molecule has 8 N–H and O–H groups in total. The average molecular weight is 1270 g/mol. The van der Waals surface area contributed by atoms with Crippen LogP contribution in [0, 0.1) is 22.7 Å². The molecule has 4 aromatic rings. The first-order valence-electron chi connectivity index (χ1n) is 28.9. The number of benzene rings is 4. The molecule has 2 aliphatic carbocycles. The van der Waals surface area contributed by atoms with Gasteiger partial charge in [0.05, 0.1) is 98.0 Å². The highest BCUT2D eigenvalue weighted by molar-refractivity contribution is 7.89. The fourth-order valence-electron chi connectivity index (χ4n) is 10.7. The Kier molecular flexibility index (Phi) is 25.7. The van der Waals surface area contributed by atoms with Gasteiger partial charge in [-0.3, -0.25) is 9.80 Å². The first-order chi connectivity index (χ1) is 41.7. The van der Waals surface area contributed by atoms with Crippen molar-refractivity contribution in [3.8, 4) is 23.6 Å². The van der Waals surface area contributed by atoms with Crippen LogP contribution in [-0.2, 0) is 51.8 Å². The molecule has 2 fully saturated rings. The monoisotopic (exact) mass is 1270 g/mol. The molecular weight excluding hydrogens is 1190 g/mol. The minimum Gasteiger partial charge on any atom is -0.484 e.